The molecule has 0 bridgehead atoms. The zero-order chi connectivity index (χ0) is 11.7. The molecule has 0 unspecified atom stereocenters. The first kappa shape index (κ1) is 10.4. The predicted octanol–water partition coefficient (Wildman–Crippen LogP) is 1.77. The number of imidazole rings is 1. The van der Waals surface area contributed by atoms with Crippen LogP contribution in [0.2, 0.25) is 0 Å². The summed E-state index contributed by atoms with van der Waals surface area (Å²) in [5.41, 5.74) is 2.07. The van der Waals surface area contributed by atoms with Crippen molar-refractivity contribution in [2.45, 2.75) is 5.92 Å². The third-order valence-electron chi connectivity index (χ3n) is 3.16. The molecule has 4 nitrogen and oxygen atoms in total. The molecule has 0 spiro atoms. The summed E-state index contributed by atoms with van der Waals surface area (Å²) in [5.74, 6) is 2.46. The Kier molecular flexibility index (Phi) is 2.57. The fraction of sp³-hybridized carbons (Fsp3) is 0.308. The number of rotatable bonds is 3. The van der Waals surface area contributed by atoms with E-state index >= 15 is 0 Å². The zero-order valence-corrected chi connectivity index (χ0v) is 9.73. The van der Waals surface area contributed by atoms with Crippen molar-refractivity contribution in [3.8, 4) is 17.0 Å². The zero-order valence-electron chi connectivity index (χ0n) is 9.73. The lowest BCUT2D eigenvalue weighted by atomic mass is 10.0. The highest BCUT2D eigenvalue weighted by molar-refractivity contribution is 5.66. The number of hydrogen-bond acceptors (Lipinski definition) is 3. The van der Waals surface area contributed by atoms with Gasteiger partial charge in [0.2, 0.25) is 0 Å². The Labute approximate surface area is 100 Å². The number of hydrogen-bond donors (Lipinski definition) is 2. The van der Waals surface area contributed by atoms with Crippen LogP contribution < -0.4 is 10.1 Å². The van der Waals surface area contributed by atoms with Gasteiger partial charge in [-0.1, -0.05) is 12.1 Å². The van der Waals surface area contributed by atoms with Crippen molar-refractivity contribution in [2.75, 3.05) is 20.2 Å². The second-order valence-corrected chi connectivity index (χ2v) is 4.24. The van der Waals surface area contributed by atoms with Crippen molar-refractivity contribution in [3.05, 3.63) is 36.3 Å². The van der Waals surface area contributed by atoms with E-state index in [4.69, 9.17) is 4.74 Å². The lowest BCUT2D eigenvalue weighted by Gasteiger charge is -2.24. The molecule has 1 aliphatic heterocycles. The van der Waals surface area contributed by atoms with E-state index in [9.17, 15) is 0 Å². The van der Waals surface area contributed by atoms with Crippen molar-refractivity contribution in [1.29, 1.82) is 0 Å². The Hall–Kier alpha value is -1.81. The van der Waals surface area contributed by atoms with Crippen LogP contribution in [-0.2, 0) is 0 Å². The van der Waals surface area contributed by atoms with Gasteiger partial charge in [-0.15, -0.1) is 0 Å². The van der Waals surface area contributed by atoms with Gasteiger partial charge in [0, 0.05) is 24.6 Å². The molecule has 2 N–H and O–H groups in total. The van der Waals surface area contributed by atoms with E-state index < -0.39 is 0 Å². The number of aromatic amines is 1. The number of nitrogens with one attached hydrogen (secondary N) is 2. The number of methoxy groups -OCH3 is 1. The molecule has 1 aromatic carbocycles. The van der Waals surface area contributed by atoms with Gasteiger partial charge in [-0.05, 0) is 12.1 Å². The van der Waals surface area contributed by atoms with Gasteiger partial charge < -0.3 is 15.0 Å². The summed E-state index contributed by atoms with van der Waals surface area (Å²) in [7, 11) is 1.69. The minimum absolute atomic E-state index is 0.526. The maximum Gasteiger partial charge on any atom is 0.128 e. The average molecular weight is 229 g/mol. The molecular formula is C13H15N3O. The van der Waals surface area contributed by atoms with Crippen LogP contribution in [0.1, 0.15) is 11.7 Å². The number of H-pyrrole nitrogens is 1. The van der Waals surface area contributed by atoms with Crippen LogP contribution in [-0.4, -0.2) is 30.2 Å². The highest BCUT2D eigenvalue weighted by atomic mass is 16.5. The molecule has 1 fully saturated rings. The van der Waals surface area contributed by atoms with Gasteiger partial charge in [-0.25, -0.2) is 4.98 Å². The highest BCUT2D eigenvalue weighted by Gasteiger charge is 2.22. The summed E-state index contributed by atoms with van der Waals surface area (Å²) in [6.45, 7) is 2.03. The first-order valence-electron chi connectivity index (χ1n) is 5.77. The summed E-state index contributed by atoms with van der Waals surface area (Å²) in [6.07, 6.45) is 1.88. The Morgan fingerprint density at radius 2 is 2.12 bits per heavy atom. The van der Waals surface area contributed by atoms with E-state index in [2.05, 4.69) is 15.3 Å². The molecule has 17 heavy (non-hydrogen) atoms. The summed E-state index contributed by atoms with van der Waals surface area (Å²) in [5, 5.41) is 3.25. The summed E-state index contributed by atoms with van der Waals surface area (Å²) >= 11 is 0. The van der Waals surface area contributed by atoms with E-state index in [1.54, 1.807) is 7.11 Å². The second-order valence-electron chi connectivity index (χ2n) is 4.24. The molecule has 0 atom stereocenters. The standard InChI is InChI=1S/C13H15N3O/c1-17-12-5-3-2-4-10(12)11-8-15-13(16-11)9-6-14-7-9/h2-5,8-9,14H,6-7H2,1H3,(H,15,16). The summed E-state index contributed by atoms with van der Waals surface area (Å²) < 4.78 is 5.35. The van der Waals surface area contributed by atoms with Crippen LogP contribution >= 0.6 is 0 Å². The Morgan fingerprint density at radius 1 is 1.29 bits per heavy atom. The molecule has 0 radical (unpaired) electrons. The lowest BCUT2D eigenvalue weighted by Crippen LogP contribution is -2.40. The first-order valence-corrected chi connectivity index (χ1v) is 5.77. The maximum atomic E-state index is 5.35. The Bertz CT molecular complexity index is 517. The smallest absolute Gasteiger partial charge is 0.128 e. The molecule has 1 aliphatic rings. The van der Waals surface area contributed by atoms with Crippen LogP contribution in [0, 0.1) is 0 Å². The van der Waals surface area contributed by atoms with Gasteiger partial charge in [0.25, 0.3) is 0 Å². The molecule has 2 heterocycles. The number of nitrogens with zero attached hydrogens (tertiary/aromatic N) is 1. The molecular weight excluding hydrogens is 214 g/mol. The number of benzene rings is 1. The Morgan fingerprint density at radius 3 is 2.82 bits per heavy atom. The monoisotopic (exact) mass is 229 g/mol. The molecule has 3 rings (SSSR count). The molecule has 0 saturated carbocycles. The van der Waals surface area contributed by atoms with Crippen molar-refractivity contribution in [1.82, 2.24) is 15.3 Å². The van der Waals surface area contributed by atoms with Crippen LogP contribution in [0.25, 0.3) is 11.3 Å². The topological polar surface area (TPSA) is 49.9 Å². The predicted molar refractivity (Wildman–Crippen MR) is 66.2 cm³/mol. The third-order valence-corrected chi connectivity index (χ3v) is 3.16. The van der Waals surface area contributed by atoms with Gasteiger partial charge in [0.15, 0.2) is 0 Å². The van der Waals surface area contributed by atoms with E-state index in [0.717, 1.165) is 35.9 Å². The minimum atomic E-state index is 0.526. The highest BCUT2D eigenvalue weighted by Crippen LogP contribution is 2.29. The largest absolute Gasteiger partial charge is 0.496 e. The normalized spacial score (nSPS) is 15.6. The van der Waals surface area contributed by atoms with Gasteiger partial charge in [0.1, 0.15) is 11.6 Å². The summed E-state index contributed by atoms with van der Waals surface area (Å²) in [6, 6.07) is 7.97. The number of aromatic nitrogens is 2. The fourth-order valence-corrected chi connectivity index (χ4v) is 2.03. The van der Waals surface area contributed by atoms with Gasteiger partial charge in [-0.3, -0.25) is 0 Å². The van der Waals surface area contributed by atoms with Gasteiger partial charge in [-0.2, -0.15) is 0 Å². The number of ether oxygens (including phenoxy) is 1. The number of para-hydroxylation sites is 1. The molecule has 0 amide bonds. The molecule has 1 aromatic heterocycles. The lowest BCUT2D eigenvalue weighted by molar-refractivity contribution is 0.416. The maximum absolute atomic E-state index is 5.35. The van der Waals surface area contributed by atoms with Gasteiger partial charge in [0.05, 0.1) is 19.0 Å². The van der Waals surface area contributed by atoms with Crippen LogP contribution in [0.4, 0.5) is 0 Å². The third kappa shape index (κ3) is 1.80. The van der Waals surface area contributed by atoms with E-state index in [0.29, 0.717) is 5.92 Å². The SMILES string of the molecule is COc1ccccc1-c1cnc(C2CNC2)[nH]1. The quantitative estimate of drug-likeness (QED) is 0.843. The van der Waals surface area contributed by atoms with Crippen LogP contribution in [0.5, 0.6) is 5.75 Å². The van der Waals surface area contributed by atoms with Crippen molar-refractivity contribution < 1.29 is 4.74 Å². The fourth-order valence-electron chi connectivity index (χ4n) is 2.03. The molecule has 1 saturated heterocycles. The average Bonchev–Trinajstić information content (AvgIpc) is 2.76. The Balaban J connectivity index is 1.94. The van der Waals surface area contributed by atoms with Crippen LogP contribution in [0.15, 0.2) is 30.5 Å². The van der Waals surface area contributed by atoms with E-state index in [1.807, 2.05) is 30.5 Å². The molecule has 4 heteroatoms. The van der Waals surface area contributed by atoms with Crippen molar-refractivity contribution >= 4 is 0 Å². The first-order chi connectivity index (χ1) is 8.38. The van der Waals surface area contributed by atoms with Crippen molar-refractivity contribution in [3.63, 3.8) is 0 Å². The molecule has 2 aromatic rings. The van der Waals surface area contributed by atoms with Gasteiger partial charge >= 0.3 is 0 Å². The van der Waals surface area contributed by atoms with Crippen molar-refractivity contribution in [2.24, 2.45) is 0 Å². The molecule has 0 aliphatic carbocycles. The molecule has 88 valence electrons. The summed E-state index contributed by atoms with van der Waals surface area (Å²) in [4.78, 5) is 7.81. The van der Waals surface area contributed by atoms with E-state index in [-0.39, 0.29) is 0 Å². The van der Waals surface area contributed by atoms with Crippen LogP contribution in [0.3, 0.4) is 0 Å². The second kappa shape index (κ2) is 4.22. The minimum Gasteiger partial charge on any atom is -0.496 e. The van der Waals surface area contributed by atoms with E-state index in [1.165, 1.54) is 0 Å².